The fraction of sp³-hybridized carbons (Fsp3) is 0.750. The standard InChI is InChI=1S/C8H16N4OS/c1-7-10-11-8(14-7)12(4-3-9)5-6-13-2/h3-6,9H2,1-2H3. The molecule has 14 heavy (non-hydrogen) atoms. The van der Waals surface area contributed by atoms with Crippen molar-refractivity contribution in [2.45, 2.75) is 6.92 Å². The summed E-state index contributed by atoms with van der Waals surface area (Å²) in [6.45, 7) is 4.83. The topological polar surface area (TPSA) is 64.3 Å². The second kappa shape index (κ2) is 5.90. The van der Waals surface area contributed by atoms with Gasteiger partial charge in [0.2, 0.25) is 5.13 Å². The molecule has 0 spiro atoms. The molecule has 0 radical (unpaired) electrons. The lowest BCUT2D eigenvalue weighted by atomic mass is 10.5. The van der Waals surface area contributed by atoms with E-state index in [4.69, 9.17) is 10.5 Å². The normalized spacial score (nSPS) is 10.5. The molecule has 0 bridgehead atoms. The lowest BCUT2D eigenvalue weighted by molar-refractivity contribution is 0.205. The minimum atomic E-state index is 0.613. The Morgan fingerprint density at radius 2 is 2.21 bits per heavy atom. The van der Waals surface area contributed by atoms with Gasteiger partial charge in [-0.05, 0) is 6.92 Å². The molecular weight excluding hydrogens is 200 g/mol. The fourth-order valence-electron chi connectivity index (χ4n) is 1.07. The van der Waals surface area contributed by atoms with Crippen molar-refractivity contribution in [1.82, 2.24) is 10.2 Å². The maximum absolute atomic E-state index is 5.52. The predicted octanol–water partition coefficient (Wildman–Crippen LogP) is 0.258. The molecule has 0 unspecified atom stereocenters. The Labute approximate surface area is 87.9 Å². The summed E-state index contributed by atoms with van der Waals surface area (Å²) < 4.78 is 5.02. The molecule has 5 nitrogen and oxygen atoms in total. The van der Waals surface area contributed by atoms with Crippen LogP contribution in [0.3, 0.4) is 0 Å². The monoisotopic (exact) mass is 216 g/mol. The summed E-state index contributed by atoms with van der Waals surface area (Å²) in [7, 11) is 1.69. The van der Waals surface area contributed by atoms with Gasteiger partial charge in [-0.1, -0.05) is 11.3 Å². The van der Waals surface area contributed by atoms with Gasteiger partial charge in [-0.15, -0.1) is 10.2 Å². The van der Waals surface area contributed by atoms with E-state index >= 15 is 0 Å². The van der Waals surface area contributed by atoms with E-state index in [0.717, 1.165) is 23.2 Å². The third-order valence-electron chi connectivity index (χ3n) is 1.75. The Morgan fingerprint density at radius 1 is 1.43 bits per heavy atom. The molecule has 2 N–H and O–H groups in total. The van der Waals surface area contributed by atoms with Crippen LogP contribution in [0.2, 0.25) is 0 Å². The van der Waals surface area contributed by atoms with Crippen LogP contribution in [-0.2, 0) is 4.74 Å². The van der Waals surface area contributed by atoms with Gasteiger partial charge < -0.3 is 15.4 Å². The van der Waals surface area contributed by atoms with Gasteiger partial charge >= 0.3 is 0 Å². The van der Waals surface area contributed by atoms with Gasteiger partial charge in [0.1, 0.15) is 5.01 Å². The van der Waals surface area contributed by atoms with Crippen molar-refractivity contribution >= 4 is 16.5 Å². The molecule has 0 fully saturated rings. The first kappa shape index (κ1) is 11.4. The number of aryl methyl sites for hydroxylation is 1. The summed E-state index contributed by atoms with van der Waals surface area (Å²) >= 11 is 1.58. The number of nitrogens with two attached hydrogens (primary N) is 1. The first-order chi connectivity index (χ1) is 6.77. The average Bonchev–Trinajstić information content (AvgIpc) is 2.59. The van der Waals surface area contributed by atoms with E-state index in [1.54, 1.807) is 18.4 Å². The van der Waals surface area contributed by atoms with Gasteiger partial charge in [0.15, 0.2) is 0 Å². The Balaban J connectivity index is 2.57. The Morgan fingerprint density at radius 3 is 2.71 bits per heavy atom. The van der Waals surface area contributed by atoms with Crippen molar-refractivity contribution in [3.8, 4) is 0 Å². The lowest BCUT2D eigenvalue weighted by Gasteiger charge is -2.19. The molecule has 6 heteroatoms. The summed E-state index contributed by atoms with van der Waals surface area (Å²) in [4.78, 5) is 2.09. The Hall–Kier alpha value is -0.720. The summed E-state index contributed by atoms with van der Waals surface area (Å²) in [6, 6.07) is 0. The van der Waals surface area contributed by atoms with Crippen molar-refractivity contribution in [2.24, 2.45) is 5.73 Å². The van der Waals surface area contributed by atoms with Gasteiger partial charge in [0.25, 0.3) is 0 Å². The van der Waals surface area contributed by atoms with Crippen LogP contribution < -0.4 is 10.6 Å². The highest BCUT2D eigenvalue weighted by atomic mass is 32.1. The molecule has 1 rings (SSSR count). The highest BCUT2D eigenvalue weighted by Gasteiger charge is 2.09. The van der Waals surface area contributed by atoms with Crippen LogP contribution in [0.4, 0.5) is 5.13 Å². The molecule has 1 heterocycles. The number of aromatic nitrogens is 2. The van der Waals surface area contributed by atoms with Gasteiger partial charge in [-0.3, -0.25) is 0 Å². The molecule has 0 atom stereocenters. The molecule has 1 aromatic rings. The third-order valence-corrected chi connectivity index (χ3v) is 2.65. The average molecular weight is 216 g/mol. The zero-order valence-corrected chi connectivity index (χ0v) is 9.38. The molecule has 0 amide bonds. The first-order valence-electron chi connectivity index (χ1n) is 4.52. The van der Waals surface area contributed by atoms with Crippen LogP contribution in [0.1, 0.15) is 5.01 Å². The quantitative estimate of drug-likeness (QED) is 0.739. The number of nitrogens with zero attached hydrogens (tertiary/aromatic N) is 3. The second-order valence-corrected chi connectivity index (χ2v) is 4.03. The van der Waals surface area contributed by atoms with Crippen LogP contribution >= 0.6 is 11.3 Å². The minimum absolute atomic E-state index is 0.613. The van der Waals surface area contributed by atoms with E-state index in [1.165, 1.54) is 0 Å². The van der Waals surface area contributed by atoms with E-state index in [1.807, 2.05) is 6.92 Å². The van der Waals surface area contributed by atoms with E-state index < -0.39 is 0 Å². The highest BCUT2D eigenvalue weighted by Crippen LogP contribution is 2.18. The zero-order chi connectivity index (χ0) is 10.4. The summed E-state index contributed by atoms with van der Waals surface area (Å²) in [5.74, 6) is 0. The van der Waals surface area contributed by atoms with Gasteiger partial charge in [-0.25, -0.2) is 0 Å². The lowest BCUT2D eigenvalue weighted by Crippen LogP contribution is -2.32. The number of methoxy groups -OCH3 is 1. The number of hydrogen-bond donors (Lipinski definition) is 1. The number of hydrogen-bond acceptors (Lipinski definition) is 6. The minimum Gasteiger partial charge on any atom is -0.383 e. The van der Waals surface area contributed by atoms with Crippen molar-refractivity contribution < 1.29 is 4.74 Å². The molecule has 0 saturated carbocycles. The van der Waals surface area contributed by atoms with Crippen molar-refractivity contribution in [2.75, 3.05) is 38.3 Å². The molecule has 0 saturated heterocycles. The van der Waals surface area contributed by atoms with Crippen molar-refractivity contribution in [3.05, 3.63) is 5.01 Å². The van der Waals surface area contributed by atoms with E-state index in [0.29, 0.717) is 13.2 Å². The van der Waals surface area contributed by atoms with Crippen molar-refractivity contribution in [1.29, 1.82) is 0 Å². The molecule has 0 aliphatic carbocycles. The third kappa shape index (κ3) is 3.21. The van der Waals surface area contributed by atoms with Crippen LogP contribution in [0.5, 0.6) is 0 Å². The largest absolute Gasteiger partial charge is 0.383 e. The van der Waals surface area contributed by atoms with Crippen molar-refractivity contribution in [3.63, 3.8) is 0 Å². The number of rotatable bonds is 6. The van der Waals surface area contributed by atoms with E-state index in [9.17, 15) is 0 Å². The molecule has 1 aromatic heterocycles. The summed E-state index contributed by atoms with van der Waals surface area (Å²) in [6.07, 6.45) is 0. The Kier molecular flexibility index (Phi) is 4.78. The van der Waals surface area contributed by atoms with Crippen LogP contribution in [0.25, 0.3) is 0 Å². The van der Waals surface area contributed by atoms with Gasteiger partial charge in [-0.2, -0.15) is 0 Å². The second-order valence-electron chi connectivity index (χ2n) is 2.87. The maximum atomic E-state index is 5.52. The molecule has 0 aromatic carbocycles. The van der Waals surface area contributed by atoms with E-state index in [2.05, 4.69) is 15.1 Å². The maximum Gasteiger partial charge on any atom is 0.208 e. The van der Waals surface area contributed by atoms with Crippen LogP contribution in [0, 0.1) is 6.92 Å². The SMILES string of the molecule is COCCN(CCN)c1nnc(C)s1. The van der Waals surface area contributed by atoms with Gasteiger partial charge in [0, 0.05) is 26.7 Å². The summed E-state index contributed by atoms with van der Waals surface area (Å²) in [5, 5.41) is 9.94. The van der Waals surface area contributed by atoms with Crippen LogP contribution in [0.15, 0.2) is 0 Å². The Bertz CT molecular complexity index is 266. The summed E-state index contributed by atoms with van der Waals surface area (Å²) in [5.41, 5.74) is 5.52. The molecule has 0 aliphatic heterocycles. The first-order valence-corrected chi connectivity index (χ1v) is 5.33. The predicted molar refractivity (Wildman–Crippen MR) is 57.8 cm³/mol. The van der Waals surface area contributed by atoms with Gasteiger partial charge in [0.05, 0.1) is 6.61 Å². The fourth-order valence-corrected chi connectivity index (χ4v) is 1.81. The zero-order valence-electron chi connectivity index (χ0n) is 8.56. The smallest absolute Gasteiger partial charge is 0.208 e. The van der Waals surface area contributed by atoms with E-state index in [-0.39, 0.29) is 0 Å². The number of ether oxygens (including phenoxy) is 1. The highest BCUT2D eigenvalue weighted by molar-refractivity contribution is 7.15. The number of anilines is 1. The molecule has 80 valence electrons. The van der Waals surface area contributed by atoms with Crippen LogP contribution in [-0.4, -0.2) is 43.5 Å². The molecular formula is C8H16N4OS. The molecule has 0 aliphatic rings.